The standard InChI is InChI=1S/C15H18N4O/c20-15(14-10-16-19-18-14)17-13-8-6-12(7-9-13)11-4-2-1-3-5-11/h6-11H,1-5H2,(H,17,20)(H,16,18,19). The van der Waals surface area contributed by atoms with Gasteiger partial charge in [0.1, 0.15) is 0 Å². The van der Waals surface area contributed by atoms with Crippen molar-refractivity contribution in [1.29, 1.82) is 0 Å². The highest BCUT2D eigenvalue weighted by atomic mass is 16.2. The van der Waals surface area contributed by atoms with Gasteiger partial charge in [0.25, 0.3) is 5.91 Å². The molecule has 0 bridgehead atoms. The molecule has 1 fully saturated rings. The smallest absolute Gasteiger partial charge is 0.277 e. The second-order valence-corrected chi connectivity index (χ2v) is 5.27. The lowest BCUT2D eigenvalue weighted by atomic mass is 9.84. The largest absolute Gasteiger partial charge is 0.321 e. The van der Waals surface area contributed by atoms with Crippen LogP contribution < -0.4 is 5.32 Å². The van der Waals surface area contributed by atoms with E-state index in [9.17, 15) is 4.79 Å². The third kappa shape index (κ3) is 2.87. The second kappa shape index (κ2) is 5.86. The molecule has 0 aliphatic heterocycles. The van der Waals surface area contributed by atoms with E-state index >= 15 is 0 Å². The Bertz CT molecular complexity index is 556. The van der Waals surface area contributed by atoms with Crippen LogP contribution in [-0.2, 0) is 0 Å². The molecule has 0 spiro atoms. The van der Waals surface area contributed by atoms with Gasteiger partial charge in [0, 0.05) is 5.69 Å². The van der Waals surface area contributed by atoms with Crippen molar-refractivity contribution in [3.05, 3.63) is 41.7 Å². The van der Waals surface area contributed by atoms with Crippen LogP contribution in [0.25, 0.3) is 0 Å². The van der Waals surface area contributed by atoms with E-state index in [2.05, 4.69) is 32.9 Å². The first kappa shape index (κ1) is 12.8. The number of nitrogens with zero attached hydrogens (tertiary/aromatic N) is 2. The van der Waals surface area contributed by atoms with Gasteiger partial charge in [-0.05, 0) is 36.5 Å². The molecule has 0 saturated heterocycles. The number of aromatic nitrogens is 3. The van der Waals surface area contributed by atoms with Gasteiger partial charge < -0.3 is 5.32 Å². The Balaban J connectivity index is 1.65. The lowest BCUT2D eigenvalue weighted by Gasteiger charge is -2.22. The maximum atomic E-state index is 11.8. The number of aromatic amines is 1. The Morgan fingerprint density at radius 2 is 1.90 bits per heavy atom. The summed E-state index contributed by atoms with van der Waals surface area (Å²) in [5.41, 5.74) is 2.46. The minimum atomic E-state index is -0.246. The Morgan fingerprint density at radius 1 is 1.15 bits per heavy atom. The van der Waals surface area contributed by atoms with E-state index in [0.717, 1.165) is 5.69 Å². The third-order valence-corrected chi connectivity index (χ3v) is 3.89. The van der Waals surface area contributed by atoms with Crippen LogP contribution in [0.15, 0.2) is 30.5 Å². The van der Waals surface area contributed by atoms with Crippen molar-refractivity contribution in [2.75, 3.05) is 5.32 Å². The molecular formula is C15H18N4O. The monoisotopic (exact) mass is 270 g/mol. The van der Waals surface area contributed by atoms with Crippen LogP contribution in [0.4, 0.5) is 5.69 Å². The number of H-pyrrole nitrogens is 1. The van der Waals surface area contributed by atoms with E-state index in [1.165, 1.54) is 43.9 Å². The van der Waals surface area contributed by atoms with E-state index in [-0.39, 0.29) is 5.91 Å². The van der Waals surface area contributed by atoms with Crippen LogP contribution in [0.2, 0.25) is 0 Å². The number of carbonyl (C=O) groups excluding carboxylic acids is 1. The Morgan fingerprint density at radius 3 is 2.55 bits per heavy atom. The molecule has 3 rings (SSSR count). The summed E-state index contributed by atoms with van der Waals surface area (Å²) < 4.78 is 0. The molecular weight excluding hydrogens is 252 g/mol. The molecule has 0 unspecified atom stereocenters. The normalized spacial score (nSPS) is 16.0. The van der Waals surface area contributed by atoms with Crippen LogP contribution in [0, 0.1) is 0 Å². The molecule has 2 N–H and O–H groups in total. The van der Waals surface area contributed by atoms with E-state index < -0.39 is 0 Å². The summed E-state index contributed by atoms with van der Waals surface area (Å²) in [5, 5.41) is 12.6. The highest BCUT2D eigenvalue weighted by molar-refractivity contribution is 6.02. The van der Waals surface area contributed by atoms with Crippen LogP contribution in [0.3, 0.4) is 0 Å². The molecule has 2 aromatic rings. The fourth-order valence-corrected chi connectivity index (χ4v) is 2.78. The minimum Gasteiger partial charge on any atom is -0.321 e. The van der Waals surface area contributed by atoms with E-state index in [0.29, 0.717) is 11.6 Å². The van der Waals surface area contributed by atoms with Gasteiger partial charge in [-0.25, -0.2) is 0 Å². The average molecular weight is 270 g/mol. The third-order valence-electron chi connectivity index (χ3n) is 3.89. The zero-order valence-corrected chi connectivity index (χ0v) is 11.3. The Labute approximate surface area is 117 Å². The summed E-state index contributed by atoms with van der Waals surface area (Å²) in [6.45, 7) is 0. The number of rotatable bonds is 3. The van der Waals surface area contributed by atoms with Crippen molar-refractivity contribution in [3.8, 4) is 0 Å². The SMILES string of the molecule is O=C(Nc1ccc(C2CCCCC2)cc1)c1cn[nH]n1. The topological polar surface area (TPSA) is 70.7 Å². The van der Waals surface area contributed by atoms with Crippen molar-refractivity contribution >= 4 is 11.6 Å². The summed E-state index contributed by atoms with van der Waals surface area (Å²) in [7, 11) is 0. The number of anilines is 1. The number of benzene rings is 1. The van der Waals surface area contributed by atoms with Gasteiger partial charge in [-0.15, -0.1) is 0 Å². The molecule has 1 amide bonds. The Hall–Kier alpha value is -2.17. The fourth-order valence-electron chi connectivity index (χ4n) is 2.78. The van der Waals surface area contributed by atoms with Gasteiger partial charge in [-0.3, -0.25) is 4.79 Å². The van der Waals surface area contributed by atoms with Crippen LogP contribution in [-0.4, -0.2) is 21.3 Å². The van der Waals surface area contributed by atoms with E-state index in [1.54, 1.807) is 0 Å². The van der Waals surface area contributed by atoms with Crippen LogP contribution >= 0.6 is 0 Å². The van der Waals surface area contributed by atoms with Crippen molar-refractivity contribution < 1.29 is 4.79 Å². The molecule has 20 heavy (non-hydrogen) atoms. The summed E-state index contributed by atoms with van der Waals surface area (Å²) in [5.74, 6) is 0.438. The molecule has 0 radical (unpaired) electrons. The molecule has 0 atom stereocenters. The van der Waals surface area contributed by atoms with Gasteiger partial charge in [-0.2, -0.15) is 15.4 Å². The van der Waals surface area contributed by atoms with Crippen molar-refractivity contribution in [1.82, 2.24) is 15.4 Å². The van der Waals surface area contributed by atoms with Crippen LogP contribution in [0.5, 0.6) is 0 Å². The maximum Gasteiger partial charge on any atom is 0.277 e. The molecule has 1 saturated carbocycles. The van der Waals surface area contributed by atoms with E-state index in [4.69, 9.17) is 0 Å². The van der Waals surface area contributed by atoms with Crippen molar-refractivity contribution in [2.45, 2.75) is 38.0 Å². The molecule has 5 heteroatoms. The quantitative estimate of drug-likeness (QED) is 0.900. The van der Waals surface area contributed by atoms with Gasteiger partial charge in [-0.1, -0.05) is 31.4 Å². The molecule has 104 valence electrons. The number of nitrogens with one attached hydrogen (secondary N) is 2. The first-order chi connectivity index (χ1) is 9.83. The first-order valence-electron chi connectivity index (χ1n) is 7.10. The average Bonchev–Trinajstić information content (AvgIpc) is 3.03. The van der Waals surface area contributed by atoms with Gasteiger partial charge in [0.05, 0.1) is 6.20 Å². The second-order valence-electron chi connectivity index (χ2n) is 5.27. The predicted octanol–water partition coefficient (Wildman–Crippen LogP) is 3.10. The molecule has 1 aromatic carbocycles. The fraction of sp³-hybridized carbons (Fsp3) is 0.400. The molecule has 1 aromatic heterocycles. The maximum absolute atomic E-state index is 11.8. The number of amides is 1. The predicted molar refractivity (Wildman–Crippen MR) is 76.6 cm³/mol. The number of carbonyl (C=O) groups is 1. The molecule has 1 aliphatic rings. The van der Waals surface area contributed by atoms with Gasteiger partial charge >= 0.3 is 0 Å². The minimum absolute atomic E-state index is 0.246. The zero-order chi connectivity index (χ0) is 13.8. The van der Waals surface area contributed by atoms with Crippen LogP contribution in [0.1, 0.15) is 54.1 Å². The lowest BCUT2D eigenvalue weighted by molar-refractivity contribution is 0.102. The van der Waals surface area contributed by atoms with Gasteiger partial charge in [0.15, 0.2) is 5.69 Å². The summed E-state index contributed by atoms with van der Waals surface area (Å²) >= 11 is 0. The van der Waals surface area contributed by atoms with Crippen molar-refractivity contribution in [3.63, 3.8) is 0 Å². The number of hydrogen-bond donors (Lipinski definition) is 2. The summed E-state index contributed by atoms with van der Waals surface area (Å²) in [6.07, 6.45) is 7.99. The molecule has 1 heterocycles. The summed E-state index contributed by atoms with van der Waals surface area (Å²) in [4.78, 5) is 11.8. The Kier molecular flexibility index (Phi) is 3.76. The molecule has 1 aliphatic carbocycles. The molecule has 5 nitrogen and oxygen atoms in total. The highest BCUT2D eigenvalue weighted by Crippen LogP contribution is 2.32. The van der Waals surface area contributed by atoms with Gasteiger partial charge in [0.2, 0.25) is 0 Å². The van der Waals surface area contributed by atoms with Crippen molar-refractivity contribution in [2.24, 2.45) is 0 Å². The highest BCUT2D eigenvalue weighted by Gasteiger charge is 2.15. The first-order valence-corrected chi connectivity index (χ1v) is 7.10. The summed E-state index contributed by atoms with van der Waals surface area (Å²) in [6, 6.07) is 8.16. The lowest BCUT2D eigenvalue weighted by Crippen LogP contribution is -2.12. The van der Waals surface area contributed by atoms with E-state index in [1.807, 2.05) is 12.1 Å². The number of hydrogen-bond acceptors (Lipinski definition) is 3. The zero-order valence-electron chi connectivity index (χ0n) is 11.3.